The molecule has 0 radical (unpaired) electrons. The zero-order chi connectivity index (χ0) is 17.9. The third-order valence-electron chi connectivity index (χ3n) is 4.07. The molecule has 1 aliphatic rings. The highest BCUT2D eigenvalue weighted by Gasteiger charge is 2.30. The highest BCUT2D eigenvalue weighted by molar-refractivity contribution is 6.02. The molecule has 1 aromatic heterocycles. The summed E-state index contributed by atoms with van der Waals surface area (Å²) in [6, 6.07) is 7.82. The van der Waals surface area contributed by atoms with E-state index in [1.807, 2.05) is 0 Å². The Morgan fingerprint density at radius 1 is 1.00 bits per heavy atom. The molecule has 0 bridgehead atoms. The zero-order valence-corrected chi connectivity index (χ0v) is 13.3. The maximum atomic E-state index is 12.5. The number of nitrogens with zero attached hydrogens (tertiary/aromatic N) is 2. The topological polar surface area (TPSA) is 66.9 Å². The maximum Gasteiger partial charge on any atom is 0.416 e. The fourth-order valence-electron chi connectivity index (χ4n) is 2.75. The first kappa shape index (κ1) is 17.2. The Kier molecular flexibility index (Phi) is 4.87. The third kappa shape index (κ3) is 4.46. The number of aromatic nitrogens is 2. The predicted octanol–water partition coefficient (Wildman–Crippen LogP) is 4.10. The Bertz CT molecular complexity index is 723. The second kappa shape index (κ2) is 7.08. The molecule has 1 heterocycles. The SMILES string of the molecule is O=C(Nc1ccc(C(F)(F)F)cc1)c1ccc(NC2CCCC2)nn1. The highest BCUT2D eigenvalue weighted by Crippen LogP contribution is 2.29. The predicted molar refractivity (Wildman–Crippen MR) is 87.3 cm³/mol. The summed E-state index contributed by atoms with van der Waals surface area (Å²) in [7, 11) is 0. The van der Waals surface area contributed by atoms with Gasteiger partial charge in [-0.25, -0.2) is 0 Å². The summed E-state index contributed by atoms with van der Waals surface area (Å²) < 4.78 is 37.6. The summed E-state index contributed by atoms with van der Waals surface area (Å²) in [5.41, 5.74) is -0.419. The summed E-state index contributed by atoms with van der Waals surface area (Å²) in [4.78, 5) is 12.1. The minimum absolute atomic E-state index is 0.0943. The van der Waals surface area contributed by atoms with E-state index in [4.69, 9.17) is 0 Å². The molecule has 5 nitrogen and oxygen atoms in total. The fourth-order valence-corrected chi connectivity index (χ4v) is 2.75. The first-order valence-electron chi connectivity index (χ1n) is 8.01. The Morgan fingerprint density at radius 2 is 1.68 bits per heavy atom. The molecule has 1 aromatic carbocycles. The molecule has 1 amide bonds. The first-order chi connectivity index (χ1) is 11.9. The van der Waals surface area contributed by atoms with Gasteiger partial charge in [-0.2, -0.15) is 13.2 Å². The van der Waals surface area contributed by atoms with Crippen LogP contribution < -0.4 is 10.6 Å². The van der Waals surface area contributed by atoms with Crippen molar-refractivity contribution in [2.45, 2.75) is 37.9 Å². The summed E-state index contributed by atoms with van der Waals surface area (Å²) in [5.74, 6) is 0.0812. The van der Waals surface area contributed by atoms with Crippen molar-refractivity contribution in [1.29, 1.82) is 0 Å². The molecule has 1 aliphatic carbocycles. The lowest BCUT2D eigenvalue weighted by Gasteiger charge is -2.12. The molecular weight excluding hydrogens is 333 g/mol. The van der Waals surface area contributed by atoms with Gasteiger partial charge in [0.05, 0.1) is 5.56 Å². The van der Waals surface area contributed by atoms with Gasteiger partial charge in [0.25, 0.3) is 5.91 Å². The monoisotopic (exact) mass is 350 g/mol. The van der Waals surface area contributed by atoms with Crippen molar-refractivity contribution in [2.75, 3.05) is 10.6 Å². The van der Waals surface area contributed by atoms with Crippen molar-refractivity contribution in [3.63, 3.8) is 0 Å². The van der Waals surface area contributed by atoms with E-state index in [0.717, 1.165) is 25.0 Å². The van der Waals surface area contributed by atoms with Gasteiger partial charge in [-0.05, 0) is 49.2 Å². The van der Waals surface area contributed by atoms with Gasteiger partial charge in [0.1, 0.15) is 5.82 Å². The number of hydrogen-bond donors (Lipinski definition) is 2. The second-order valence-electron chi connectivity index (χ2n) is 5.96. The molecule has 0 unspecified atom stereocenters. The number of anilines is 2. The maximum absolute atomic E-state index is 12.5. The Morgan fingerprint density at radius 3 is 2.24 bits per heavy atom. The molecule has 0 aliphatic heterocycles. The van der Waals surface area contributed by atoms with E-state index >= 15 is 0 Å². The van der Waals surface area contributed by atoms with Crippen LogP contribution in [-0.2, 0) is 6.18 Å². The van der Waals surface area contributed by atoms with E-state index < -0.39 is 17.6 Å². The van der Waals surface area contributed by atoms with Crippen LogP contribution in [-0.4, -0.2) is 22.1 Å². The number of carbonyl (C=O) groups is 1. The number of halogens is 3. The molecular formula is C17H17F3N4O. The first-order valence-corrected chi connectivity index (χ1v) is 8.01. The minimum atomic E-state index is -4.41. The van der Waals surface area contributed by atoms with Crippen molar-refractivity contribution in [3.05, 3.63) is 47.7 Å². The smallest absolute Gasteiger partial charge is 0.366 e. The van der Waals surface area contributed by atoms with Crippen LogP contribution in [0, 0.1) is 0 Å². The molecule has 3 rings (SSSR count). The third-order valence-corrected chi connectivity index (χ3v) is 4.07. The van der Waals surface area contributed by atoms with Crippen molar-refractivity contribution in [1.82, 2.24) is 10.2 Å². The standard InChI is InChI=1S/C17H17F3N4O/c18-17(19,20)11-5-7-13(8-6-11)22-16(25)14-9-10-15(24-23-14)21-12-3-1-2-4-12/h5-10,12H,1-4H2,(H,21,24)(H,22,25). The second-order valence-corrected chi connectivity index (χ2v) is 5.96. The molecule has 0 saturated heterocycles. The summed E-state index contributed by atoms with van der Waals surface area (Å²) in [6.45, 7) is 0. The van der Waals surface area contributed by atoms with Crippen molar-refractivity contribution >= 4 is 17.4 Å². The number of alkyl halides is 3. The summed E-state index contributed by atoms with van der Waals surface area (Å²) in [6.07, 6.45) is 0.170. The van der Waals surface area contributed by atoms with Gasteiger partial charge in [-0.15, -0.1) is 10.2 Å². The lowest BCUT2D eigenvalue weighted by molar-refractivity contribution is -0.137. The molecule has 132 valence electrons. The average molecular weight is 350 g/mol. The lowest BCUT2D eigenvalue weighted by Crippen LogP contribution is -2.18. The number of rotatable bonds is 4. The Hall–Kier alpha value is -2.64. The van der Waals surface area contributed by atoms with Gasteiger partial charge >= 0.3 is 6.18 Å². The largest absolute Gasteiger partial charge is 0.416 e. The van der Waals surface area contributed by atoms with Gasteiger partial charge in [-0.3, -0.25) is 4.79 Å². The van der Waals surface area contributed by atoms with Crippen LogP contribution in [0.3, 0.4) is 0 Å². The molecule has 2 N–H and O–H groups in total. The Labute approximate surface area is 142 Å². The van der Waals surface area contributed by atoms with Gasteiger partial charge in [0.2, 0.25) is 0 Å². The molecule has 0 spiro atoms. The number of hydrogen-bond acceptors (Lipinski definition) is 4. The van der Waals surface area contributed by atoms with Crippen LogP contribution >= 0.6 is 0 Å². The van der Waals surface area contributed by atoms with Crippen LogP contribution in [0.4, 0.5) is 24.7 Å². The number of benzene rings is 1. The van der Waals surface area contributed by atoms with Crippen LogP contribution in [0.5, 0.6) is 0 Å². The van der Waals surface area contributed by atoms with Crippen LogP contribution in [0.2, 0.25) is 0 Å². The van der Waals surface area contributed by atoms with E-state index in [2.05, 4.69) is 20.8 Å². The van der Waals surface area contributed by atoms with Crippen LogP contribution in [0.1, 0.15) is 41.7 Å². The van der Waals surface area contributed by atoms with E-state index in [9.17, 15) is 18.0 Å². The van der Waals surface area contributed by atoms with Crippen molar-refractivity contribution < 1.29 is 18.0 Å². The average Bonchev–Trinajstić information content (AvgIpc) is 3.08. The van der Waals surface area contributed by atoms with Crippen molar-refractivity contribution in [3.8, 4) is 0 Å². The minimum Gasteiger partial charge on any atom is -0.366 e. The van der Waals surface area contributed by atoms with Crippen LogP contribution in [0.15, 0.2) is 36.4 Å². The molecule has 8 heteroatoms. The number of amides is 1. The van der Waals surface area contributed by atoms with Crippen LogP contribution in [0.25, 0.3) is 0 Å². The van der Waals surface area contributed by atoms with Gasteiger partial charge < -0.3 is 10.6 Å². The molecule has 2 aromatic rings. The molecule has 25 heavy (non-hydrogen) atoms. The molecule has 1 saturated carbocycles. The zero-order valence-electron chi connectivity index (χ0n) is 13.3. The summed E-state index contributed by atoms with van der Waals surface area (Å²) in [5, 5.41) is 13.6. The van der Waals surface area contributed by atoms with Gasteiger partial charge in [0, 0.05) is 11.7 Å². The summed E-state index contributed by atoms with van der Waals surface area (Å²) >= 11 is 0. The van der Waals surface area contributed by atoms with E-state index in [0.29, 0.717) is 11.9 Å². The molecule has 0 atom stereocenters. The van der Waals surface area contributed by atoms with Crippen molar-refractivity contribution in [2.24, 2.45) is 0 Å². The Balaban J connectivity index is 1.60. The van der Waals surface area contributed by atoms with E-state index in [-0.39, 0.29) is 11.4 Å². The molecule has 1 fully saturated rings. The number of carbonyl (C=O) groups excluding carboxylic acids is 1. The quantitative estimate of drug-likeness (QED) is 0.871. The fraction of sp³-hybridized carbons (Fsp3) is 0.353. The van der Waals surface area contributed by atoms with E-state index in [1.54, 1.807) is 6.07 Å². The van der Waals surface area contributed by atoms with Gasteiger partial charge in [-0.1, -0.05) is 12.8 Å². The lowest BCUT2D eigenvalue weighted by atomic mass is 10.2. The number of nitrogens with one attached hydrogen (secondary N) is 2. The van der Waals surface area contributed by atoms with E-state index in [1.165, 1.54) is 31.0 Å². The van der Waals surface area contributed by atoms with Gasteiger partial charge in [0.15, 0.2) is 5.69 Å². The highest BCUT2D eigenvalue weighted by atomic mass is 19.4. The normalized spacial score (nSPS) is 15.2.